The van der Waals surface area contributed by atoms with Crippen LogP contribution in [0.4, 0.5) is 0 Å². The molecule has 0 radical (unpaired) electrons. The van der Waals surface area contributed by atoms with E-state index in [0.29, 0.717) is 34.1 Å². The van der Waals surface area contributed by atoms with E-state index >= 15 is 0 Å². The Labute approximate surface area is 138 Å². The first-order valence-electron chi connectivity index (χ1n) is 7.19. The highest BCUT2D eigenvalue weighted by atomic mass is 16.7. The van der Waals surface area contributed by atoms with Crippen LogP contribution in [0.5, 0.6) is 23.0 Å². The molecule has 3 rings (SSSR count). The Morgan fingerprint density at radius 3 is 2.50 bits per heavy atom. The van der Waals surface area contributed by atoms with Gasteiger partial charge in [-0.3, -0.25) is 0 Å². The van der Waals surface area contributed by atoms with E-state index in [2.05, 4.69) is 0 Å². The number of methoxy groups -OCH3 is 2. The van der Waals surface area contributed by atoms with Crippen molar-refractivity contribution in [1.29, 1.82) is 0 Å². The molecule has 1 aliphatic heterocycles. The summed E-state index contributed by atoms with van der Waals surface area (Å²) >= 11 is 0. The molecule has 6 nitrogen and oxygen atoms in total. The van der Waals surface area contributed by atoms with Crippen molar-refractivity contribution >= 4 is 17.6 Å². The molecule has 1 heterocycles. The van der Waals surface area contributed by atoms with Gasteiger partial charge in [-0.1, -0.05) is 12.1 Å². The quantitative estimate of drug-likeness (QED) is 0.672. The molecule has 0 atom stereocenters. The molecule has 2 aromatic rings. The second-order valence-corrected chi connectivity index (χ2v) is 5.05. The van der Waals surface area contributed by atoms with Gasteiger partial charge < -0.3 is 24.1 Å². The van der Waals surface area contributed by atoms with Gasteiger partial charge in [0.25, 0.3) is 0 Å². The Balaban J connectivity index is 2.02. The Kier molecular flexibility index (Phi) is 4.29. The summed E-state index contributed by atoms with van der Waals surface area (Å²) in [4.78, 5) is 11.7. The Hall–Kier alpha value is -3.15. The number of carbonyl (C=O) groups is 1. The van der Waals surface area contributed by atoms with Crippen molar-refractivity contribution in [2.75, 3.05) is 21.0 Å². The highest BCUT2D eigenvalue weighted by Crippen LogP contribution is 2.35. The lowest BCUT2D eigenvalue weighted by molar-refractivity contribution is -0.130. The summed E-state index contributed by atoms with van der Waals surface area (Å²) in [6.45, 7) is 0.171. The SMILES string of the molecule is COc1ccc(/C(=C\c2ccc3c(c2)OCO3)C(=O)O)cc1OC. The number of hydrogen-bond donors (Lipinski definition) is 1. The van der Waals surface area contributed by atoms with Crippen LogP contribution in [-0.4, -0.2) is 32.1 Å². The molecule has 124 valence electrons. The molecule has 0 amide bonds. The zero-order chi connectivity index (χ0) is 17.1. The largest absolute Gasteiger partial charge is 0.493 e. The van der Waals surface area contributed by atoms with E-state index in [1.807, 2.05) is 0 Å². The van der Waals surface area contributed by atoms with E-state index in [-0.39, 0.29) is 12.4 Å². The number of ether oxygens (including phenoxy) is 4. The molecule has 1 N–H and O–H groups in total. The van der Waals surface area contributed by atoms with Gasteiger partial charge in [-0.05, 0) is 41.5 Å². The lowest BCUT2D eigenvalue weighted by Gasteiger charge is -2.10. The maximum atomic E-state index is 11.7. The molecule has 0 fully saturated rings. The van der Waals surface area contributed by atoms with Crippen LogP contribution in [0.25, 0.3) is 11.6 Å². The summed E-state index contributed by atoms with van der Waals surface area (Å²) in [5, 5.41) is 9.58. The summed E-state index contributed by atoms with van der Waals surface area (Å²) in [7, 11) is 3.03. The van der Waals surface area contributed by atoms with Crippen LogP contribution in [0, 0.1) is 0 Å². The molecule has 0 aromatic heterocycles. The van der Waals surface area contributed by atoms with E-state index in [0.717, 1.165) is 0 Å². The number of fused-ring (bicyclic) bond motifs is 1. The van der Waals surface area contributed by atoms with Gasteiger partial charge in [-0.15, -0.1) is 0 Å². The monoisotopic (exact) mass is 328 g/mol. The highest BCUT2D eigenvalue weighted by Gasteiger charge is 2.16. The van der Waals surface area contributed by atoms with Gasteiger partial charge >= 0.3 is 5.97 Å². The van der Waals surface area contributed by atoms with E-state index in [1.54, 1.807) is 42.5 Å². The number of hydrogen-bond acceptors (Lipinski definition) is 5. The minimum absolute atomic E-state index is 0.134. The number of benzene rings is 2. The fraction of sp³-hybridized carbons (Fsp3) is 0.167. The van der Waals surface area contributed by atoms with Crippen molar-refractivity contribution in [3.63, 3.8) is 0 Å². The standard InChI is InChI=1S/C18H16O6/c1-21-14-6-4-12(9-16(14)22-2)13(18(19)20)7-11-3-5-15-17(8-11)24-10-23-15/h3-9H,10H2,1-2H3,(H,19,20)/b13-7+. The highest BCUT2D eigenvalue weighted by molar-refractivity contribution is 6.20. The molecule has 24 heavy (non-hydrogen) atoms. The Bertz CT molecular complexity index is 809. The number of rotatable bonds is 5. The second-order valence-electron chi connectivity index (χ2n) is 5.05. The van der Waals surface area contributed by atoms with E-state index < -0.39 is 5.97 Å². The van der Waals surface area contributed by atoms with Gasteiger partial charge in [0.1, 0.15) is 0 Å². The smallest absolute Gasteiger partial charge is 0.336 e. The van der Waals surface area contributed by atoms with Crippen LogP contribution in [0.1, 0.15) is 11.1 Å². The third-order valence-electron chi connectivity index (χ3n) is 3.63. The van der Waals surface area contributed by atoms with Gasteiger partial charge in [0, 0.05) is 0 Å². The molecule has 1 aliphatic rings. The Morgan fingerprint density at radius 2 is 1.79 bits per heavy atom. The lowest BCUT2D eigenvalue weighted by Crippen LogP contribution is -2.01. The predicted molar refractivity (Wildman–Crippen MR) is 87.6 cm³/mol. The van der Waals surface area contributed by atoms with Crippen LogP contribution < -0.4 is 18.9 Å². The number of aliphatic carboxylic acids is 1. The zero-order valence-corrected chi connectivity index (χ0v) is 13.2. The number of carboxylic acids is 1. The van der Waals surface area contributed by atoms with Crippen molar-refractivity contribution in [3.05, 3.63) is 47.5 Å². The Morgan fingerprint density at radius 1 is 1.04 bits per heavy atom. The van der Waals surface area contributed by atoms with Gasteiger partial charge in [0.2, 0.25) is 6.79 Å². The molecular formula is C18H16O6. The van der Waals surface area contributed by atoms with Crippen LogP contribution in [0.2, 0.25) is 0 Å². The van der Waals surface area contributed by atoms with Crippen LogP contribution >= 0.6 is 0 Å². The summed E-state index contributed by atoms with van der Waals surface area (Å²) in [5.41, 5.74) is 1.35. The predicted octanol–water partition coefficient (Wildman–Crippen LogP) is 3.06. The first kappa shape index (κ1) is 15.7. The van der Waals surface area contributed by atoms with Crippen LogP contribution in [-0.2, 0) is 4.79 Å². The zero-order valence-electron chi connectivity index (χ0n) is 13.2. The summed E-state index contributed by atoms with van der Waals surface area (Å²) in [5.74, 6) is 1.21. The van der Waals surface area contributed by atoms with Gasteiger partial charge in [-0.25, -0.2) is 4.79 Å². The van der Waals surface area contributed by atoms with Gasteiger partial charge in [-0.2, -0.15) is 0 Å². The summed E-state index contributed by atoms with van der Waals surface area (Å²) < 4.78 is 21.0. The van der Waals surface area contributed by atoms with Crippen molar-refractivity contribution in [3.8, 4) is 23.0 Å². The fourth-order valence-corrected chi connectivity index (χ4v) is 2.44. The fourth-order valence-electron chi connectivity index (χ4n) is 2.44. The van der Waals surface area contributed by atoms with E-state index in [9.17, 15) is 9.90 Å². The van der Waals surface area contributed by atoms with Crippen molar-refractivity contribution in [2.24, 2.45) is 0 Å². The third-order valence-corrected chi connectivity index (χ3v) is 3.63. The molecule has 0 bridgehead atoms. The molecule has 0 aliphatic carbocycles. The molecule has 0 unspecified atom stereocenters. The topological polar surface area (TPSA) is 74.2 Å². The normalized spacial score (nSPS) is 12.8. The first-order chi connectivity index (χ1) is 11.6. The van der Waals surface area contributed by atoms with Crippen LogP contribution in [0.15, 0.2) is 36.4 Å². The summed E-state index contributed by atoms with van der Waals surface area (Å²) in [6.07, 6.45) is 1.57. The maximum absolute atomic E-state index is 11.7. The van der Waals surface area contributed by atoms with Crippen molar-refractivity contribution < 1.29 is 28.8 Å². The lowest BCUT2D eigenvalue weighted by atomic mass is 10.0. The maximum Gasteiger partial charge on any atom is 0.336 e. The average Bonchev–Trinajstić information content (AvgIpc) is 3.06. The van der Waals surface area contributed by atoms with Crippen molar-refractivity contribution in [1.82, 2.24) is 0 Å². The molecule has 0 saturated carbocycles. The minimum Gasteiger partial charge on any atom is -0.493 e. The van der Waals surface area contributed by atoms with Crippen LogP contribution in [0.3, 0.4) is 0 Å². The minimum atomic E-state index is -1.04. The third kappa shape index (κ3) is 2.99. The second kappa shape index (κ2) is 6.54. The first-order valence-corrected chi connectivity index (χ1v) is 7.19. The van der Waals surface area contributed by atoms with Gasteiger partial charge in [0.05, 0.1) is 19.8 Å². The average molecular weight is 328 g/mol. The van der Waals surface area contributed by atoms with Crippen molar-refractivity contribution in [2.45, 2.75) is 0 Å². The molecule has 0 saturated heterocycles. The van der Waals surface area contributed by atoms with E-state index in [1.165, 1.54) is 14.2 Å². The van der Waals surface area contributed by atoms with Gasteiger partial charge in [0.15, 0.2) is 23.0 Å². The molecule has 2 aromatic carbocycles. The number of carboxylic acid groups (broad SMARTS) is 1. The summed E-state index contributed by atoms with van der Waals surface area (Å²) in [6, 6.07) is 10.2. The molecule has 6 heteroatoms. The molecule has 0 spiro atoms. The molecular weight excluding hydrogens is 312 g/mol. The van der Waals surface area contributed by atoms with E-state index in [4.69, 9.17) is 18.9 Å².